The number of hydrogen-bond donors (Lipinski definition) is 1. The lowest BCUT2D eigenvalue weighted by atomic mass is 10.1. The van der Waals surface area contributed by atoms with E-state index in [9.17, 15) is 0 Å². The molecule has 0 amide bonds. The second kappa shape index (κ2) is 2.94. The number of alkyl halides is 1. The highest BCUT2D eigenvalue weighted by Gasteiger charge is 2.01. The van der Waals surface area contributed by atoms with E-state index < -0.39 is 0 Å². The third-order valence-corrected chi connectivity index (χ3v) is 2.77. The first-order valence-corrected chi connectivity index (χ1v) is 5.06. The molecule has 2 rings (SSSR count). The largest absolute Gasteiger partial charge is 0.361 e. The zero-order valence-corrected chi connectivity index (χ0v) is 8.48. The summed E-state index contributed by atoms with van der Waals surface area (Å²) in [5.41, 5.74) is 3.91. The number of H-pyrrole nitrogens is 1. The monoisotopic (exact) mass is 223 g/mol. The van der Waals surface area contributed by atoms with Crippen molar-refractivity contribution in [3.8, 4) is 0 Å². The number of rotatable bonds is 1. The van der Waals surface area contributed by atoms with Crippen LogP contribution in [0, 0.1) is 6.92 Å². The summed E-state index contributed by atoms with van der Waals surface area (Å²) in [5, 5.41) is 2.24. The molecule has 0 aliphatic carbocycles. The number of aromatic nitrogens is 1. The molecule has 0 fully saturated rings. The Bertz CT molecular complexity index is 403. The van der Waals surface area contributed by atoms with E-state index in [1.165, 1.54) is 22.0 Å². The number of nitrogens with one attached hydrogen (secondary N) is 1. The van der Waals surface area contributed by atoms with Gasteiger partial charge in [0.15, 0.2) is 0 Å². The number of aromatic amines is 1. The van der Waals surface area contributed by atoms with Crippen LogP contribution in [0.4, 0.5) is 0 Å². The quantitative estimate of drug-likeness (QED) is 0.714. The van der Waals surface area contributed by atoms with Gasteiger partial charge in [0.25, 0.3) is 0 Å². The first kappa shape index (κ1) is 7.87. The molecule has 0 bridgehead atoms. The number of hydrogen-bond acceptors (Lipinski definition) is 0. The van der Waals surface area contributed by atoms with Gasteiger partial charge in [-0.2, -0.15) is 0 Å². The van der Waals surface area contributed by atoms with Gasteiger partial charge in [-0.05, 0) is 24.1 Å². The lowest BCUT2D eigenvalue weighted by Gasteiger charge is -2.00. The van der Waals surface area contributed by atoms with Crippen LogP contribution in [-0.2, 0) is 5.33 Å². The molecule has 1 heterocycles. The first-order chi connectivity index (χ1) is 5.83. The summed E-state index contributed by atoms with van der Waals surface area (Å²) < 4.78 is 0. The van der Waals surface area contributed by atoms with Crippen molar-refractivity contribution in [2.45, 2.75) is 12.3 Å². The highest BCUT2D eigenvalue weighted by Crippen LogP contribution is 2.22. The summed E-state index contributed by atoms with van der Waals surface area (Å²) in [6, 6.07) is 6.44. The maximum Gasteiger partial charge on any atom is 0.0486 e. The van der Waals surface area contributed by atoms with Crippen molar-refractivity contribution in [1.29, 1.82) is 0 Å². The molecule has 1 N–H and O–H groups in total. The average Bonchev–Trinajstić information content (AvgIpc) is 2.54. The van der Waals surface area contributed by atoms with Crippen molar-refractivity contribution in [1.82, 2.24) is 4.98 Å². The SMILES string of the molecule is Cc1ccc(CBr)c2cc[nH]c12. The van der Waals surface area contributed by atoms with Crippen LogP contribution in [0.25, 0.3) is 10.9 Å². The fraction of sp³-hybridized carbons (Fsp3) is 0.200. The zero-order chi connectivity index (χ0) is 8.55. The van der Waals surface area contributed by atoms with Gasteiger partial charge in [0.1, 0.15) is 0 Å². The van der Waals surface area contributed by atoms with Crippen molar-refractivity contribution in [3.05, 3.63) is 35.5 Å². The molecule has 2 heteroatoms. The summed E-state index contributed by atoms with van der Waals surface area (Å²) >= 11 is 3.47. The zero-order valence-electron chi connectivity index (χ0n) is 6.89. The highest BCUT2D eigenvalue weighted by molar-refractivity contribution is 9.08. The van der Waals surface area contributed by atoms with E-state index in [1.807, 2.05) is 6.20 Å². The van der Waals surface area contributed by atoms with Gasteiger partial charge in [-0.15, -0.1) is 0 Å². The number of halogens is 1. The minimum absolute atomic E-state index is 0.918. The van der Waals surface area contributed by atoms with E-state index in [0.717, 1.165) is 5.33 Å². The van der Waals surface area contributed by atoms with Gasteiger partial charge >= 0.3 is 0 Å². The van der Waals surface area contributed by atoms with E-state index in [0.29, 0.717) is 0 Å². The van der Waals surface area contributed by atoms with Crippen molar-refractivity contribution < 1.29 is 0 Å². The van der Waals surface area contributed by atoms with E-state index in [4.69, 9.17) is 0 Å². The molecular formula is C10H10BrN. The molecule has 0 atom stereocenters. The highest BCUT2D eigenvalue weighted by atomic mass is 79.9. The molecule has 1 aromatic heterocycles. The molecule has 0 saturated carbocycles. The summed E-state index contributed by atoms with van der Waals surface area (Å²) in [6.45, 7) is 2.12. The van der Waals surface area contributed by atoms with Crippen LogP contribution in [0.5, 0.6) is 0 Å². The molecule has 0 saturated heterocycles. The molecule has 0 aliphatic rings. The molecule has 0 aliphatic heterocycles. The molecule has 0 radical (unpaired) electrons. The Morgan fingerprint density at radius 1 is 1.33 bits per heavy atom. The standard InChI is InChI=1S/C10H10BrN/c1-7-2-3-8(6-11)9-4-5-12-10(7)9/h2-5,12H,6H2,1H3. The van der Waals surface area contributed by atoms with Crippen LogP contribution in [0.3, 0.4) is 0 Å². The Kier molecular flexibility index (Phi) is 1.93. The maximum absolute atomic E-state index is 3.47. The van der Waals surface area contributed by atoms with Crippen molar-refractivity contribution >= 4 is 26.8 Å². The Labute approximate surface area is 79.9 Å². The molecular weight excluding hydrogens is 214 g/mol. The number of fused-ring (bicyclic) bond motifs is 1. The fourth-order valence-corrected chi connectivity index (χ4v) is 1.97. The Morgan fingerprint density at radius 3 is 2.92 bits per heavy atom. The molecule has 1 aromatic carbocycles. The van der Waals surface area contributed by atoms with Gasteiger partial charge in [-0.3, -0.25) is 0 Å². The second-order valence-electron chi connectivity index (χ2n) is 2.94. The Balaban J connectivity index is 2.82. The van der Waals surface area contributed by atoms with Gasteiger partial charge in [-0.1, -0.05) is 28.1 Å². The van der Waals surface area contributed by atoms with E-state index in [1.54, 1.807) is 0 Å². The van der Waals surface area contributed by atoms with Crippen LogP contribution < -0.4 is 0 Å². The van der Waals surface area contributed by atoms with Crippen LogP contribution in [0.1, 0.15) is 11.1 Å². The maximum atomic E-state index is 3.47. The van der Waals surface area contributed by atoms with Gasteiger partial charge in [-0.25, -0.2) is 0 Å². The minimum Gasteiger partial charge on any atom is -0.361 e. The third kappa shape index (κ3) is 1.07. The van der Waals surface area contributed by atoms with Crippen LogP contribution in [0.15, 0.2) is 24.4 Å². The first-order valence-electron chi connectivity index (χ1n) is 3.94. The average molecular weight is 224 g/mol. The third-order valence-electron chi connectivity index (χ3n) is 2.17. The topological polar surface area (TPSA) is 15.8 Å². The minimum atomic E-state index is 0.918. The normalized spacial score (nSPS) is 10.8. The van der Waals surface area contributed by atoms with Crippen molar-refractivity contribution in [2.24, 2.45) is 0 Å². The summed E-state index contributed by atoms with van der Waals surface area (Å²) in [4.78, 5) is 3.24. The molecule has 12 heavy (non-hydrogen) atoms. The van der Waals surface area contributed by atoms with E-state index in [-0.39, 0.29) is 0 Å². The molecule has 1 nitrogen and oxygen atoms in total. The fourth-order valence-electron chi connectivity index (χ4n) is 1.48. The molecule has 0 spiro atoms. The summed E-state index contributed by atoms with van der Waals surface area (Å²) in [5.74, 6) is 0. The molecule has 62 valence electrons. The van der Waals surface area contributed by atoms with Crippen LogP contribution in [0.2, 0.25) is 0 Å². The van der Waals surface area contributed by atoms with E-state index >= 15 is 0 Å². The molecule has 0 unspecified atom stereocenters. The Hall–Kier alpha value is -0.760. The summed E-state index contributed by atoms with van der Waals surface area (Å²) in [6.07, 6.45) is 1.99. The number of aryl methyl sites for hydroxylation is 1. The second-order valence-corrected chi connectivity index (χ2v) is 3.50. The van der Waals surface area contributed by atoms with Crippen molar-refractivity contribution in [2.75, 3.05) is 0 Å². The predicted molar refractivity (Wildman–Crippen MR) is 55.7 cm³/mol. The Morgan fingerprint density at radius 2 is 2.17 bits per heavy atom. The lowest BCUT2D eigenvalue weighted by Crippen LogP contribution is -1.81. The smallest absolute Gasteiger partial charge is 0.0486 e. The van der Waals surface area contributed by atoms with Crippen LogP contribution in [-0.4, -0.2) is 4.98 Å². The predicted octanol–water partition coefficient (Wildman–Crippen LogP) is 3.37. The van der Waals surface area contributed by atoms with Crippen LogP contribution >= 0.6 is 15.9 Å². The van der Waals surface area contributed by atoms with Crippen molar-refractivity contribution in [3.63, 3.8) is 0 Å². The van der Waals surface area contributed by atoms with Gasteiger partial charge < -0.3 is 4.98 Å². The number of benzene rings is 1. The van der Waals surface area contributed by atoms with Gasteiger partial charge in [0.05, 0.1) is 0 Å². The molecule has 2 aromatic rings. The lowest BCUT2D eigenvalue weighted by molar-refractivity contribution is 1.39. The van der Waals surface area contributed by atoms with Gasteiger partial charge in [0, 0.05) is 22.4 Å². The van der Waals surface area contributed by atoms with E-state index in [2.05, 4.69) is 46.0 Å². The van der Waals surface area contributed by atoms with Gasteiger partial charge in [0.2, 0.25) is 0 Å². The summed E-state index contributed by atoms with van der Waals surface area (Å²) in [7, 11) is 0.